The summed E-state index contributed by atoms with van der Waals surface area (Å²) in [6.07, 6.45) is 5.45. The van der Waals surface area contributed by atoms with Gasteiger partial charge in [-0.3, -0.25) is 4.79 Å². The van der Waals surface area contributed by atoms with Gasteiger partial charge in [0, 0.05) is 19.3 Å². The smallest absolute Gasteiger partial charge is 0.266 e. The molecule has 12 heavy (non-hydrogen) atoms. The zero-order valence-corrected chi connectivity index (χ0v) is 6.79. The highest BCUT2D eigenvalue weighted by Gasteiger charge is 2.12. The van der Waals surface area contributed by atoms with Gasteiger partial charge in [-0.15, -0.1) is 0 Å². The van der Waals surface area contributed by atoms with Crippen molar-refractivity contribution in [1.82, 2.24) is 9.97 Å². The van der Waals surface area contributed by atoms with Crippen molar-refractivity contribution in [2.45, 2.75) is 12.8 Å². The van der Waals surface area contributed by atoms with Crippen molar-refractivity contribution in [2.24, 2.45) is 0 Å². The summed E-state index contributed by atoms with van der Waals surface area (Å²) in [6, 6.07) is 0. The number of rotatable bonds is 1. The fourth-order valence-corrected chi connectivity index (χ4v) is 1.45. The molecule has 1 fully saturated rings. The Bertz CT molecular complexity index is 294. The molecule has 0 atom stereocenters. The Balaban J connectivity index is 2.22. The molecule has 0 bridgehead atoms. The molecule has 0 unspecified atom stereocenters. The van der Waals surface area contributed by atoms with Crippen molar-refractivity contribution in [1.29, 1.82) is 0 Å². The topological polar surface area (TPSA) is 49.0 Å². The molecular weight excluding hydrogens is 154 g/mol. The molecule has 1 aromatic heterocycles. The largest absolute Gasteiger partial charge is 0.355 e. The minimum absolute atomic E-state index is 0.141. The Hall–Kier alpha value is -1.32. The van der Waals surface area contributed by atoms with Crippen molar-refractivity contribution in [3.8, 4) is 0 Å². The maximum Gasteiger partial charge on any atom is 0.266 e. The van der Waals surface area contributed by atoms with Gasteiger partial charge in [0.25, 0.3) is 5.56 Å². The van der Waals surface area contributed by atoms with Crippen LogP contribution in [0.1, 0.15) is 12.8 Å². The molecule has 1 N–H and O–H groups in total. The molecule has 1 aliphatic heterocycles. The highest BCUT2D eigenvalue weighted by Crippen LogP contribution is 2.14. The van der Waals surface area contributed by atoms with E-state index < -0.39 is 0 Å². The van der Waals surface area contributed by atoms with Crippen LogP contribution in [0.25, 0.3) is 0 Å². The summed E-state index contributed by atoms with van der Waals surface area (Å²) in [5.41, 5.74) is -0.141. The van der Waals surface area contributed by atoms with Crippen LogP contribution in [0.2, 0.25) is 0 Å². The molecule has 64 valence electrons. The van der Waals surface area contributed by atoms with E-state index >= 15 is 0 Å². The van der Waals surface area contributed by atoms with E-state index in [1.807, 2.05) is 0 Å². The first-order valence-corrected chi connectivity index (χ1v) is 4.16. The fraction of sp³-hybridized carbons (Fsp3) is 0.500. The van der Waals surface area contributed by atoms with Gasteiger partial charge < -0.3 is 9.88 Å². The molecule has 0 aromatic carbocycles. The monoisotopic (exact) mass is 165 g/mol. The lowest BCUT2D eigenvalue weighted by molar-refractivity contribution is 0.921. The second kappa shape index (κ2) is 2.97. The molecule has 4 nitrogen and oxygen atoms in total. The summed E-state index contributed by atoms with van der Waals surface area (Å²) in [5.74, 6) is 0.882. The van der Waals surface area contributed by atoms with E-state index in [1.165, 1.54) is 19.0 Å². The second-order valence-corrected chi connectivity index (χ2v) is 2.96. The third kappa shape index (κ3) is 1.32. The predicted octanol–water partition coefficient (Wildman–Crippen LogP) is 0.370. The zero-order valence-electron chi connectivity index (χ0n) is 6.79. The molecule has 2 rings (SSSR count). The Kier molecular flexibility index (Phi) is 1.81. The molecule has 2 heterocycles. The van der Waals surface area contributed by atoms with Crippen LogP contribution < -0.4 is 10.5 Å². The summed E-state index contributed by atoms with van der Waals surface area (Å²) in [4.78, 5) is 19.5. The average molecular weight is 165 g/mol. The molecule has 0 aliphatic carbocycles. The highest BCUT2D eigenvalue weighted by atomic mass is 16.1. The van der Waals surface area contributed by atoms with Crippen LogP contribution in [0.3, 0.4) is 0 Å². The Morgan fingerprint density at radius 1 is 1.42 bits per heavy atom. The van der Waals surface area contributed by atoms with Crippen LogP contribution in [-0.4, -0.2) is 23.1 Å². The Morgan fingerprint density at radius 2 is 2.17 bits per heavy atom. The normalized spacial score (nSPS) is 16.8. The van der Waals surface area contributed by atoms with Crippen LogP contribution >= 0.6 is 0 Å². The number of nitrogens with one attached hydrogen (secondary N) is 1. The molecule has 4 heteroatoms. The number of H-pyrrole nitrogens is 1. The van der Waals surface area contributed by atoms with Gasteiger partial charge in [0.05, 0.1) is 6.20 Å². The van der Waals surface area contributed by atoms with Gasteiger partial charge >= 0.3 is 0 Å². The quantitative estimate of drug-likeness (QED) is 0.654. The molecule has 0 spiro atoms. The molecule has 0 radical (unpaired) electrons. The summed E-state index contributed by atoms with van der Waals surface area (Å²) in [5, 5.41) is 0. The zero-order chi connectivity index (χ0) is 8.39. The lowest BCUT2D eigenvalue weighted by atomic mass is 10.4. The van der Waals surface area contributed by atoms with E-state index in [1.54, 1.807) is 6.20 Å². The first-order chi connectivity index (χ1) is 5.86. The third-order valence-corrected chi connectivity index (χ3v) is 2.09. The number of nitrogens with zero attached hydrogens (tertiary/aromatic N) is 2. The molecule has 1 aromatic rings. The van der Waals surface area contributed by atoms with Crippen molar-refractivity contribution >= 4 is 5.82 Å². The van der Waals surface area contributed by atoms with Gasteiger partial charge in [-0.1, -0.05) is 0 Å². The van der Waals surface area contributed by atoms with Crippen LogP contribution in [-0.2, 0) is 0 Å². The van der Waals surface area contributed by atoms with Gasteiger partial charge in [0.2, 0.25) is 0 Å². The lowest BCUT2D eigenvalue weighted by Crippen LogP contribution is -2.20. The number of hydrogen-bond acceptors (Lipinski definition) is 3. The van der Waals surface area contributed by atoms with E-state index in [9.17, 15) is 4.79 Å². The molecule has 1 saturated heterocycles. The summed E-state index contributed by atoms with van der Waals surface area (Å²) in [7, 11) is 0. The van der Waals surface area contributed by atoms with Gasteiger partial charge in [0.1, 0.15) is 5.82 Å². The van der Waals surface area contributed by atoms with Crippen molar-refractivity contribution in [3.63, 3.8) is 0 Å². The van der Waals surface area contributed by atoms with Crippen LogP contribution in [0.15, 0.2) is 17.2 Å². The number of aromatic amines is 1. The minimum atomic E-state index is -0.141. The number of hydrogen-bond donors (Lipinski definition) is 1. The van der Waals surface area contributed by atoms with Gasteiger partial charge in [0.15, 0.2) is 0 Å². The summed E-state index contributed by atoms with van der Waals surface area (Å²) >= 11 is 0. The van der Waals surface area contributed by atoms with Gasteiger partial charge in [-0.25, -0.2) is 4.98 Å². The van der Waals surface area contributed by atoms with E-state index in [0.29, 0.717) is 0 Å². The SMILES string of the molecule is O=c1cnc(N2CCCC2)c[nH]1. The van der Waals surface area contributed by atoms with Crippen LogP contribution in [0, 0.1) is 0 Å². The fourth-order valence-electron chi connectivity index (χ4n) is 1.45. The molecule has 1 aliphatic rings. The molecular formula is C8H11N3O. The van der Waals surface area contributed by atoms with E-state index in [4.69, 9.17) is 0 Å². The third-order valence-electron chi connectivity index (χ3n) is 2.09. The molecule has 0 amide bonds. The first kappa shape index (κ1) is 7.34. The Morgan fingerprint density at radius 3 is 2.75 bits per heavy atom. The predicted molar refractivity (Wildman–Crippen MR) is 46.3 cm³/mol. The number of aromatic nitrogens is 2. The van der Waals surface area contributed by atoms with E-state index in [-0.39, 0.29) is 5.56 Å². The Labute approximate surface area is 70.2 Å². The maximum absolute atomic E-state index is 10.7. The standard InChI is InChI=1S/C8H11N3O/c12-8-6-9-7(5-10-8)11-3-1-2-4-11/h5-6H,1-4H2,(H,10,12). The van der Waals surface area contributed by atoms with Crippen molar-refractivity contribution in [2.75, 3.05) is 18.0 Å². The summed E-state index contributed by atoms with van der Waals surface area (Å²) < 4.78 is 0. The first-order valence-electron chi connectivity index (χ1n) is 4.16. The van der Waals surface area contributed by atoms with Crippen LogP contribution in [0.4, 0.5) is 5.82 Å². The minimum Gasteiger partial charge on any atom is -0.355 e. The van der Waals surface area contributed by atoms with Gasteiger partial charge in [-0.2, -0.15) is 0 Å². The van der Waals surface area contributed by atoms with Crippen molar-refractivity contribution < 1.29 is 0 Å². The van der Waals surface area contributed by atoms with Crippen molar-refractivity contribution in [3.05, 3.63) is 22.7 Å². The summed E-state index contributed by atoms with van der Waals surface area (Å²) in [6.45, 7) is 2.11. The maximum atomic E-state index is 10.7. The van der Waals surface area contributed by atoms with E-state index in [0.717, 1.165) is 18.9 Å². The number of anilines is 1. The van der Waals surface area contributed by atoms with Crippen LogP contribution in [0.5, 0.6) is 0 Å². The molecule has 0 saturated carbocycles. The lowest BCUT2D eigenvalue weighted by Gasteiger charge is -2.14. The average Bonchev–Trinajstić information content (AvgIpc) is 2.58. The second-order valence-electron chi connectivity index (χ2n) is 2.96. The van der Waals surface area contributed by atoms with E-state index in [2.05, 4.69) is 14.9 Å². The van der Waals surface area contributed by atoms with Gasteiger partial charge in [-0.05, 0) is 12.8 Å². The highest BCUT2D eigenvalue weighted by molar-refractivity contribution is 5.35.